The number of benzene rings is 2. The Morgan fingerprint density at radius 3 is 2.55 bits per heavy atom. The number of hydrogen-bond acceptors (Lipinski definition) is 4. The highest BCUT2D eigenvalue weighted by Gasteiger charge is 2.47. The maximum Gasteiger partial charge on any atom is 0.306 e. The number of ether oxygens (including phenoxy) is 1. The van der Waals surface area contributed by atoms with Crippen LogP contribution in [-0.2, 0) is 13.6 Å². The SMILES string of the molecule is O=C1CC(C2(c3ccc4ccccc4c3)SCCCS2)CO1. The number of thioether (sulfide) groups is 2. The van der Waals surface area contributed by atoms with Gasteiger partial charge in [0.15, 0.2) is 0 Å². The van der Waals surface area contributed by atoms with Gasteiger partial charge in [-0.15, -0.1) is 23.5 Å². The van der Waals surface area contributed by atoms with E-state index in [9.17, 15) is 4.79 Å². The van der Waals surface area contributed by atoms with Crippen LogP contribution in [0.1, 0.15) is 18.4 Å². The molecule has 0 spiro atoms. The molecule has 114 valence electrons. The first-order valence-electron chi connectivity index (χ1n) is 7.71. The third kappa shape index (κ3) is 2.42. The van der Waals surface area contributed by atoms with Crippen molar-refractivity contribution in [1.29, 1.82) is 0 Å². The van der Waals surface area contributed by atoms with Gasteiger partial charge in [-0.1, -0.05) is 36.4 Å². The van der Waals surface area contributed by atoms with Crippen LogP contribution >= 0.6 is 23.5 Å². The molecule has 0 radical (unpaired) electrons. The highest BCUT2D eigenvalue weighted by molar-refractivity contribution is 8.18. The van der Waals surface area contributed by atoms with Crippen molar-refractivity contribution in [3.63, 3.8) is 0 Å². The van der Waals surface area contributed by atoms with Gasteiger partial charge in [0, 0.05) is 5.92 Å². The molecule has 2 aliphatic heterocycles. The Balaban J connectivity index is 1.80. The lowest BCUT2D eigenvalue weighted by Gasteiger charge is -2.40. The molecule has 0 aliphatic carbocycles. The molecule has 2 nitrogen and oxygen atoms in total. The van der Waals surface area contributed by atoms with Crippen molar-refractivity contribution in [3.05, 3.63) is 48.0 Å². The molecule has 0 N–H and O–H groups in total. The van der Waals surface area contributed by atoms with Crippen LogP contribution < -0.4 is 0 Å². The zero-order chi connectivity index (χ0) is 15.0. The summed E-state index contributed by atoms with van der Waals surface area (Å²) >= 11 is 4.00. The molecule has 22 heavy (non-hydrogen) atoms. The quantitative estimate of drug-likeness (QED) is 0.761. The van der Waals surface area contributed by atoms with Crippen molar-refractivity contribution in [2.45, 2.75) is 16.9 Å². The molecule has 2 fully saturated rings. The fourth-order valence-electron chi connectivity index (χ4n) is 3.35. The minimum absolute atomic E-state index is 0.0333. The monoisotopic (exact) mass is 330 g/mol. The first-order chi connectivity index (χ1) is 10.8. The highest BCUT2D eigenvalue weighted by Crippen LogP contribution is 2.57. The molecule has 2 aromatic carbocycles. The maximum absolute atomic E-state index is 11.6. The molecule has 4 rings (SSSR count). The number of esters is 1. The summed E-state index contributed by atoms with van der Waals surface area (Å²) in [5, 5.41) is 2.54. The largest absolute Gasteiger partial charge is 0.465 e. The minimum Gasteiger partial charge on any atom is -0.465 e. The Morgan fingerprint density at radius 1 is 1.05 bits per heavy atom. The fourth-order valence-corrected chi connectivity index (χ4v) is 6.91. The van der Waals surface area contributed by atoms with E-state index in [1.807, 2.05) is 23.5 Å². The fraction of sp³-hybridized carbons (Fsp3) is 0.389. The van der Waals surface area contributed by atoms with E-state index in [0.717, 1.165) is 11.5 Å². The smallest absolute Gasteiger partial charge is 0.306 e. The molecule has 4 heteroatoms. The molecule has 2 saturated heterocycles. The zero-order valence-corrected chi connectivity index (χ0v) is 13.9. The second-order valence-corrected chi connectivity index (χ2v) is 8.80. The lowest BCUT2D eigenvalue weighted by atomic mass is 9.95. The van der Waals surface area contributed by atoms with E-state index in [2.05, 4.69) is 42.5 Å². The predicted molar refractivity (Wildman–Crippen MR) is 94.2 cm³/mol. The summed E-state index contributed by atoms with van der Waals surface area (Å²) in [5.74, 6) is 2.54. The molecule has 2 heterocycles. The van der Waals surface area contributed by atoms with E-state index >= 15 is 0 Å². The Kier molecular flexibility index (Phi) is 3.82. The molecule has 1 unspecified atom stereocenters. The predicted octanol–water partition coefficient (Wildman–Crippen LogP) is 4.43. The van der Waals surface area contributed by atoms with Crippen molar-refractivity contribution < 1.29 is 9.53 Å². The van der Waals surface area contributed by atoms with Gasteiger partial charge in [-0.2, -0.15) is 0 Å². The zero-order valence-electron chi connectivity index (χ0n) is 12.3. The van der Waals surface area contributed by atoms with E-state index in [0.29, 0.717) is 13.0 Å². The molecule has 1 atom stereocenters. The first kappa shape index (κ1) is 14.5. The van der Waals surface area contributed by atoms with Gasteiger partial charge < -0.3 is 4.74 Å². The lowest BCUT2D eigenvalue weighted by Crippen LogP contribution is -2.32. The van der Waals surface area contributed by atoms with E-state index in [1.54, 1.807) is 0 Å². The summed E-state index contributed by atoms with van der Waals surface area (Å²) in [7, 11) is 0. The first-order valence-corrected chi connectivity index (χ1v) is 9.68. The van der Waals surface area contributed by atoms with Crippen LogP contribution in [0.2, 0.25) is 0 Å². The van der Waals surface area contributed by atoms with Gasteiger partial charge in [0.1, 0.15) is 0 Å². The number of carbonyl (C=O) groups is 1. The van der Waals surface area contributed by atoms with Crippen molar-refractivity contribution >= 4 is 40.3 Å². The summed E-state index contributed by atoms with van der Waals surface area (Å²) < 4.78 is 5.25. The second-order valence-electron chi connectivity index (χ2n) is 5.86. The van der Waals surface area contributed by atoms with Crippen LogP contribution in [-0.4, -0.2) is 24.1 Å². The van der Waals surface area contributed by atoms with Crippen molar-refractivity contribution in [2.24, 2.45) is 5.92 Å². The summed E-state index contributed by atoms with van der Waals surface area (Å²) in [4.78, 5) is 11.6. The maximum atomic E-state index is 11.6. The summed E-state index contributed by atoms with van der Waals surface area (Å²) in [6.45, 7) is 0.561. The normalized spacial score (nSPS) is 24.4. The van der Waals surface area contributed by atoms with Crippen molar-refractivity contribution in [3.8, 4) is 0 Å². The van der Waals surface area contributed by atoms with Crippen LogP contribution in [0.15, 0.2) is 42.5 Å². The third-order valence-electron chi connectivity index (χ3n) is 4.47. The average molecular weight is 330 g/mol. The van der Waals surface area contributed by atoms with Crippen molar-refractivity contribution in [2.75, 3.05) is 18.1 Å². The number of hydrogen-bond donors (Lipinski definition) is 0. The van der Waals surface area contributed by atoms with Crippen LogP contribution in [0.5, 0.6) is 0 Å². The van der Waals surface area contributed by atoms with E-state index < -0.39 is 0 Å². The molecular formula is C18H18O2S2. The van der Waals surface area contributed by atoms with Crippen LogP contribution in [0.3, 0.4) is 0 Å². The Bertz CT molecular complexity index is 707. The number of cyclic esters (lactones) is 1. The number of fused-ring (bicyclic) bond motifs is 1. The van der Waals surface area contributed by atoms with Gasteiger partial charge in [0.05, 0.1) is 17.1 Å². The molecule has 2 aliphatic rings. The van der Waals surface area contributed by atoms with Gasteiger partial charge in [0.25, 0.3) is 0 Å². The highest BCUT2D eigenvalue weighted by atomic mass is 32.2. The Hall–Kier alpha value is -1.13. The van der Waals surface area contributed by atoms with Gasteiger partial charge in [0.2, 0.25) is 0 Å². The Morgan fingerprint density at radius 2 is 1.82 bits per heavy atom. The average Bonchev–Trinajstić information content (AvgIpc) is 3.02. The minimum atomic E-state index is -0.0445. The summed E-state index contributed by atoms with van der Waals surface area (Å²) in [5.41, 5.74) is 1.34. The molecule has 0 amide bonds. The van der Waals surface area contributed by atoms with Crippen LogP contribution in [0.25, 0.3) is 10.8 Å². The van der Waals surface area contributed by atoms with Gasteiger partial charge in [-0.3, -0.25) is 4.79 Å². The van der Waals surface area contributed by atoms with Crippen molar-refractivity contribution in [1.82, 2.24) is 0 Å². The summed E-state index contributed by atoms with van der Waals surface area (Å²) in [6.07, 6.45) is 1.79. The van der Waals surface area contributed by atoms with Gasteiger partial charge in [-0.05, 0) is 40.3 Å². The van der Waals surface area contributed by atoms with E-state index in [1.165, 1.54) is 22.8 Å². The molecule has 0 saturated carbocycles. The summed E-state index contributed by atoms with van der Waals surface area (Å²) in [6, 6.07) is 15.2. The van der Waals surface area contributed by atoms with Crippen LogP contribution in [0, 0.1) is 5.92 Å². The van der Waals surface area contributed by atoms with Gasteiger partial charge >= 0.3 is 5.97 Å². The number of rotatable bonds is 2. The van der Waals surface area contributed by atoms with Gasteiger partial charge in [-0.25, -0.2) is 0 Å². The second kappa shape index (κ2) is 5.82. The molecule has 0 aromatic heterocycles. The third-order valence-corrected chi connectivity index (χ3v) is 8.16. The lowest BCUT2D eigenvalue weighted by molar-refractivity contribution is -0.137. The van der Waals surface area contributed by atoms with E-state index in [-0.39, 0.29) is 16.0 Å². The molecular weight excluding hydrogens is 312 g/mol. The van der Waals surface area contributed by atoms with Crippen LogP contribution in [0.4, 0.5) is 0 Å². The van der Waals surface area contributed by atoms with E-state index in [4.69, 9.17) is 4.74 Å². The molecule has 2 aromatic rings. The Labute approximate surface area is 139 Å². The number of carbonyl (C=O) groups excluding carboxylic acids is 1. The standard InChI is InChI=1S/C18H18O2S2/c19-17-11-16(12-20-17)18(21-8-3-9-22-18)15-7-6-13-4-1-2-5-14(13)10-15/h1-2,4-7,10,16H,3,8-9,11-12H2. The topological polar surface area (TPSA) is 26.3 Å². The molecule has 0 bridgehead atoms.